The Morgan fingerprint density at radius 3 is 2.62 bits per heavy atom. The fraction of sp³-hybridized carbons (Fsp3) is 0.300. The average Bonchev–Trinajstić information content (AvgIpc) is 2.63. The van der Waals surface area contributed by atoms with E-state index in [-0.39, 0.29) is 24.5 Å². The van der Waals surface area contributed by atoms with E-state index >= 15 is 0 Å². The first-order chi connectivity index (χ1) is 12.4. The summed E-state index contributed by atoms with van der Waals surface area (Å²) in [7, 11) is 0. The minimum absolute atomic E-state index is 0.00834. The summed E-state index contributed by atoms with van der Waals surface area (Å²) in [6.07, 6.45) is -0.259. The van der Waals surface area contributed by atoms with Gasteiger partial charge in [0.05, 0.1) is 12.6 Å². The summed E-state index contributed by atoms with van der Waals surface area (Å²) in [5.74, 6) is -0.270. The molecule has 0 bridgehead atoms. The molecule has 6 heteroatoms. The monoisotopic (exact) mass is 372 g/mol. The molecule has 2 amide bonds. The summed E-state index contributed by atoms with van der Waals surface area (Å²) in [5.41, 5.74) is 3.71. The Hall–Kier alpha value is -2.37. The Labute approximate surface area is 157 Å². The van der Waals surface area contributed by atoms with Crippen LogP contribution in [0.5, 0.6) is 0 Å². The predicted molar refractivity (Wildman–Crippen MR) is 102 cm³/mol. The van der Waals surface area contributed by atoms with Gasteiger partial charge in [0.1, 0.15) is 6.61 Å². The van der Waals surface area contributed by atoms with Gasteiger partial charge in [-0.25, -0.2) is 0 Å². The van der Waals surface area contributed by atoms with E-state index in [1.54, 1.807) is 29.2 Å². The molecule has 5 nitrogen and oxygen atoms in total. The maximum atomic E-state index is 12.2. The number of amides is 2. The van der Waals surface area contributed by atoms with Crippen molar-refractivity contribution in [1.29, 1.82) is 0 Å². The summed E-state index contributed by atoms with van der Waals surface area (Å²) >= 11 is 5.83. The molecule has 2 aromatic rings. The smallest absolute Gasteiger partial charge is 0.253 e. The highest BCUT2D eigenvalue weighted by molar-refractivity contribution is 6.30. The lowest BCUT2D eigenvalue weighted by Gasteiger charge is -2.33. The molecule has 0 spiro atoms. The number of morpholine rings is 1. The van der Waals surface area contributed by atoms with Crippen molar-refractivity contribution in [3.05, 3.63) is 64.2 Å². The van der Waals surface area contributed by atoms with Crippen molar-refractivity contribution < 1.29 is 14.3 Å². The largest absolute Gasteiger partial charge is 0.365 e. The van der Waals surface area contributed by atoms with Gasteiger partial charge in [-0.05, 0) is 61.4 Å². The van der Waals surface area contributed by atoms with Crippen LogP contribution in [0.25, 0.3) is 0 Å². The third-order valence-corrected chi connectivity index (χ3v) is 4.78. The Morgan fingerprint density at radius 2 is 1.92 bits per heavy atom. The zero-order valence-corrected chi connectivity index (χ0v) is 15.5. The van der Waals surface area contributed by atoms with Crippen molar-refractivity contribution in [3.63, 3.8) is 0 Å². The molecular formula is C20H21ClN2O3. The molecule has 0 aliphatic carbocycles. The van der Waals surface area contributed by atoms with E-state index in [1.165, 1.54) is 5.56 Å². The average molecular weight is 373 g/mol. The van der Waals surface area contributed by atoms with Crippen LogP contribution < -0.4 is 10.2 Å². The number of carbonyl (C=O) groups is 2. The first kappa shape index (κ1) is 18.4. The first-order valence-electron chi connectivity index (χ1n) is 8.47. The number of benzene rings is 2. The number of aryl methyl sites for hydroxylation is 2. The normalized spacial score (nSPS) is 17.3. The molecule has 0 radical (unpaired) electrons. The number of ether oxygens (including phenoxy) is 1. The highest BCUT2D eigenvalue weighted by Crippen LogP contribution is 2.21. The molecule has 0 aromatic heterocycles. The number of nitrogens with one attached hydrogen (secondary N) is 1. The molecule has 1 aliphatic heterocycles. The molecule has 1 heterocycles. The number of halogens is 1. The number of hydrogen-bond donors (Lipinski definition) is 1. The van der Waals surface area contributed by atoms with Crippen LogP contribution >= 0.6 is 11.6 Å². The predicted octanol–water partition coefficient (Wildman–Crippen LogP) is 3.12. The zero-order valence-electron chi connectivity index (χ0n) is 14.8. The van der Waals surface area contributed by atoms with Crippen molar-refractivity contribution in [2.24, 2.45) is 0 Å². The summed E-state index contributed by atoms with van der Waals surface area (Å²) in [6.45, 7) is 4.80. The van der Waals surface area contributed by atoms with Gasteiger partial charge in [-0.1, -0.05) is 17.7 Å². The van der Waals surface area contributed by atoms with Crippen LogP contribution in [0.2, 0.25) is 5.02 Å². The number of hydrogen-bond acceptors (Lipinski definition) is 3. The number of anilines is 1. The van der Waals surface area contributed by atoms with Gasteiger partial charge in [-0.2, -0.15) is 0 Å². The quantitative estimate of drug-likeness (QED) is 0.897. The second-order valence-electron chi connectivity index (χ2n) is 6.42. The Balaban J connectivity index is 1.62. The Bertz CT molecular complexity index is 820. The van der Waals surface area contributed by atoms with Crippen LogP contribution in [-0.2, 0) is 9.53 Å². The first-order valence-corrected chi connectivity index (χ1v) is 8.85. The van der Waals surface area contributed by atoms with Crippen molar-refractivity contribution in [1.82, 2.24) is 5.32 Å². The lowest BCUT2D eigenvalue weighted by atomic mass is 10.1. The maximum Gasteiger partial charge on any atom is 0.253 e. The molecule has 1 atom stereocenters. The Kier molecular flexibility index (Phi) is 5.59. The topological polar surface area (TPSA) is 58.6 Å². The second kappa shape index (κ2) is 7.89. The molecule has 1 saturated heterocycles. The number of rotatable bonds is 4. The van der Waals surface area contributed by atoms with E-state index < -0.39 is 0 Å². The van der Waals surface area contributed by atoms with E-state index in [1.807, 2.05) is 32.0 Å². The van der Waals surface area contributed by atoms with Crippen molar-refractivity contribution in [2.75, 3.05) is 24.6 Å². The van der Waals surface area contributed by atoms with Crippen LogP contribution in [0.1, 0.15) is 21.5 Å². The molecule has 0 saturated carbocycles. The summed E-state index contributed by atoms with van der Waals surface area (Å²) in [5, 5.41) is 3.43. The second-order valence-corrected chi connectivity index (χ2v) is 6.86. The van der Waals surface area contributed by atoms with Gasteiger partial charge in [-0.15, -0.1) is 0 Å². The summed E-state index contributed by atoms with van der Waals surface area (Å²) in [6, 6.07) is 12.6. The molecule has 26 heavy (non-hydrogen) atoms. The molecule has 2 aromatic carbocycles. The Morgan fingerprint density at radius 1 is 1.19 bits per heavy atom. The van der Waals surface area contributed by atoms with Gasteiger partial charge in [-0.3, -0.25) is 9.59 Å². The third kappa shape index (κ3) is 4.23. The highest BCUT2D eigenvalue weighted by atomic mass is 35.5. The SMILES string of the molecule is Cc1ccc(N2CC(CNC(=O)c3ccc(Cl)cc3)OCC2=O)cc1C. The van der Waals surface area contributed by atoms with E-state index in [0.29, 0.717) is 23.7 Å². The van der Waals surface area contributed by atoms with E-state index in [2.05, 4.69) is 5.32 Å². The maximum absolute atomic E-state index is 12.2. The fourth-order valence-corrected chi connectivity index (χ4v) is 2.93. The molecule has 1 N–H and O–H groups in total. The lowest BCUT2D eigenvalue weighted by Crippen LogP contribution is -2.50. The number of nitrogens with zero attached hydrogens (tertiary/aromatic N) is 1. The van der Waals surface area contributed by atoms with E-state index in [0.717, 1.165) is 11.3 Å². The minimum Gasteiger partial charge on any atom is -0.365 e. The third-order valence-electron chi connectivity index (χ3n) is 4.53. The minimum atomic E-state index is -0.259. The molecule has 1 unspecified atom stereocenters. The fourth-order valence-electron chi connectivity index (χ4n) is 2.80. The van der Waals surface area contributed by atoms with Gasteiger partial charge in [0.25, 0.3) is 11.8 Å². The summed E-state index contributed by atoms with van der Waals surface area (Å²) < 4.78 is 5.57. The zero-order chi connectivity index (χ0) is 18.7. The van der Waals surface area contributed by atoms with Gasteiger partial charge < -0.3 is 15.0 Å². The van der Waals surface area contributed by atoms with Crippen molar-refractivity contribution in [3.8, 4) is 0 Å². The van der Waals surface area contributed by atoms with E-state index in [4.69, 9.17) is 16.3 Å². The van der Waals surface area contributed by atoms with Gasteiger partial charge in [0.2, 0.25) is 0 Å². The molecule has 3 rings (SSSR count). The molecule has 1 fully saturated rings. The number of carbonyl (C=O) groups excluding carboxylic acids is 2. The van der Waals surface area contributed by atoms with Crippen LogP contribution in [-0.4, -0.2) is 37.6 Å². The van der Waals surface area contributed by atoms with Crippen LogP contribution in [0.3, 0.4) is 0 Å². The molecular weight excluding hydrogens is 352 g/mol. The van der Waals surface area contributed by atoms with Crippen LogP contribution in [0.15, 0.2) is 42.5 Å². The van der Waals surface area contributed by atoms with Crippen molar-refractivity contribution in [2.45, 2.75) is 20.0 Å². The molecule has 136 valence electrons. The highest BCUT2D eigenvalue weighted by Gasteiger charge is 2.28. The van der Waals surface area contributed by atoms with E-state index in [9.17, 15) is 9.59 Å². The van der Waals surface area contributed by atoms with Gasteiger partial charge in [0.15, 0.2) is 0 Å². The van der Waals surface area contributed by atoms with Gasteiger partial charge >= 0.3 is 0 Å². The van der Waals surface area contributed by atoms with Gasteiger partial charge in [0, 0.05) is 22.8 Å². The van der Waals surface area contributed by atoms with Crippen LogP contribution in [0, 0.1) is 13.8 Å². The van der Waals surface area contributed by atoms with Crippen LogP contribution in [0.4, 0.5) is 5.69 Å². The van der Waals surface area contributed by atoms with Crippen molar-refractivity contribution >= 4 is 29.1 Å². The summed E-state index contributed by atoms with van der Waals surface area (Å²) in [4.78, 5) is 26.2. The molecule has 1 aliphatic rings. The standard InChI is InChI=1S/C20H21ClN2O3/c1-13-3-8-17(9-14(13)2)23-11-18(26-12-19(23)24)10-22-20(25)15-4-6-16(21)7-5-15/h3-9,18H,10-12H2,1-2H3,(H,22,25). The lowest BCUT2D eigenvalue weighted by molar-refractivity contribution is -0.129.